The Hall–Kier alpha value is -1.72. The molecule has 110 valence electrons. The smallest absolute Gasteiger partial charge is 0.255 e. The van der Waals surface area contributed by atoms with Gasteiger partial charge in [0.2, 0.25) is 0 Å². The second kappa shape index (κ2) is 5.95. The molecule has 1 aliphatic heterocycles. The van der Waals surface area contributed by atoms with Crippen molar-refractivity contribution >= 4 is 17.2 Å². The zero-order valence-electron chi connectivity index (χ0n) is 11.8. The van der Waals surface area contributed by atoms with Crippen LogP contribution < -0.4 is 5.32 Å². The third kappa shape index (κ3) is 2.84. The molecule has 0 radical (unpaired) electrons. The van der Waals surface area contributed by atoms with Crippen molar-refractivity contribution in [2.24, 2.45) is 0 Å². The fourth-order valence-corrected chi connectivity index (χ4v) is 3.52. The standard InChI is InChI=1S/C16H17FN2OS/c1-11-9-21-10-14(11)16(20)19-6-5-18-8-15(19)12-3-2-4-13(17)7-12/h2-4,7,9-10,15,18H,5-6,8H2,1H3. The maximum absolute atomic E-state index is 13.5. The molecule has 1 atom stereocenters. The molecule has 0 aliphatic carbocycles. The number of hydrogen-bond donors (Lipinski definition) is 1. The minimum atomic E-state index is -0.266. The van der Waals surface area contributed by atoms with Gasteiger partial charge in [-0.2, -0.15) is 11.3 Å². The number of piperazine rings is 1. The molecule has 1 aliphatic rings. The SMILES string of the molecule is Cc1cscc1C(=O)N1CCNCC1c1cccc(F)c1. The number of hydrogen-bond acceptors (Lipinski definition) is 3. The van der Waals surface area contributed by atoms with Gasteiger partial charge in [0, 0.05) is 25.0 Å². The zero-order valence-corrected chi connectivity index (χ0v) is 12.6. The molecule has 1 amide bonds. The van der Waals surface area contributed by atoms with Gasteiger partial charge in [0.1, 0.15) is 5.82 Å². The Balaban J connectivity index is 1.92. The first-order valence-corrected chi connectivity index (χ1v) is 7.91. The number of nitrogens with zero attached hydrogens (tertiary/aromatic N) is 1. The van der Waals surface area contributed by atoms with Gasteiger partial charge in [0.05, 0.1) is 11.6 Å². The molecule has 0 bridgehead atoms. The maximum Gasteiger partial charge on any atom is 0.255 e. The lowest BCUT2D eigenvalue weighted by atomic mass is 10.0. The van der Waals surface area contributed by atoms with Crippen molar-refractivity contribution in [2.75, 3.05) is 19.6 Å². The van der Waals surface area contributed by atoms with Crippen LogP contribution in [-0.2, 0) is 0 Å². The average Bonchev–Trinajstić information content (AvgIpc) is 2.93. The molecule has 3 rings (SSSR count). The second-order valence-electron chi connectivity index (χ2n) is 5.24. The highest BCUT2D eigenvalue weighted by atomic mass is 32.1. The molecule has 2 heterocycles. The fraction of sp³-hybridized carbons (Fsp3) is 0.312. The molecule has 1 saturated heterocycles. The van der Waals surface area contributed by atoms with Gasteiger partial charge in [0.25, 0.3) is 5.91 Å². The molecule has 1 unspecified atom stereocenters. The van der Waals surface area contributed by atoms with E-state index in [4.69, 9.17) is 0 Å². The number of thiophene rings is 1. The first kappa shape index (κ1) is 14.2. The Bertz CT molecular complexity index is 655. The van der Waals surface area contributed by atoms with Crippen LogP contribution in [0.1, 0.15) is 27.5 Å². The number of nitrogens with one attached hydrogen (secondary N) is 1. The third-order valence-electron chi connectivity index (χ3n) is 3.82. The van der Waals surface area contributed by atoms with Gasteiger partial charge in [-0.1, -0.05) is 12.1 Å². The van der Waals surface area contributed by atoms with Crippen molar-refractivity contribution < 1.29 is 9.18 Å². The monoisotopic (exact) mass is 304 g/mol. The van der Waals surface area contributed by atoms with Crippen LogP contribution in [0.5, 0.6) is 0 Å². The Kier molecular flexibility index (Phi) is 4.03. The molecule has 5 heteroatoms. The van der Waals surface area contributed by atoms with E-state index in [1.54, 1.807) is 6.07 Å². The second-order valence-corrected chi connectivity index (χ2v) is 5.99. The van der Waals surface area contributed by atoms with Gasteiger partial charge < -0.3 is 10.2 Å². The maximum atomic E-state index is 13.5. The Morgan fingerprint density at radius 3 is 3.00 bits per heavy atom. The predicted molar refractivity (Wildman–Crippen MR) is 82.1 cm³/mol. The molecule has 21 heavy (non-hydrogen) atoms. The zero-order chi connectivity index (χ0) is 14.8. The highest BCUT2D eigenvalue weighted by Crippen LogP contribution is 2.26. The Labute approximate surface area is 127 Å². The number of amides is 1. The molecule has 1 fully saturated rings. The van der Waals surface area contributed by atoms with E-state index in [1.165, 1.54) is 23.5 Å². The number of benzene rings is 1. The van der Waals surface area contributed by atoms with Crippen LogP contribution in [0.25, 0.3) is 0 Å². The van der Waals surface area contributed by atoms with Crippen molar-refractivity contribution in [3.05, 3.63) is 57.5 Å². The van der Waals surface area contributed by atoms with Crippen LogP contribution >= 0.6 is 11.3 Å². The first-order valence-electron chi connectivity index (χ1n) is 6.97. The van der Waals surface area contributed by atoms with Gasteiger partial charge in [-0.3, -0.25) is 4.79 Å². The van der Waals surface area contributed by atoms with Crippen LogP contribution in [-0.4, -0.2) is 30.4 Å². The largest absolute Gasteiger partial charge is 0.329 e. The molecule has 0 spiro atoms. The molecule has 3 nitrogen and oxygen atoms in total. The minimum absolute atomic E-state index is 0.0320. The predicted octanol–water partition coefficient (Wildman–Crippen LogP) is 2.98. The van der Waals surface area contributed by atoms with Crippen molar-refractivity contribution in [2.45, 2.75) is 13.0 Å². The van der Waals surface area contributed by atoms with E-state index in [-0.39, 0.29) is 17.8 Å². The van der Waals surface area contributed by atoms with E-state index >= 15 is 0 Å². The van der Waals surface area contributed by atoms with Gasteiger partial charge in [0.15, 0.2) is 0 Å². The van der Waals surface area contributed by atoms with Crippen LogP contribution in [0.15, 0.2) is 35.0 Å². The Morgan fingerprint density at radius 2 is 2.29 bits per heavy atom. The number of carbonyl (C=O) groups is 1. The Morgan fingerprint density at radius 1 is 1.43 bits per heavy atom. The van der Waals surface area contributed by atoms with E-state index in [0.29, 0.717) is 13.1 Å². The summed E-state index contributed by atoms with van der Waals surface area (Å²) in [4.78, 5) is 14.6. The van der Waals surface area contributed by atoms with Crippen molar-refractivity contribution in [1.82, 2.24) is 10.2 Å². The lowest BCUT2D eigenvalue weighted by Gasteiger charge is -2.36. The summed E-state index contributed by atoms with van der Waals surface area (Å²) in [5.41, 5.74) is 2.59. The molecule has 0 saturated carbocycles. The number of carbonyl (C=O) groups excluding carboxylic acids is 1. The lowest BCUT2D eigenvalue weighted by Crippen LogP contribution is -2.48. The van der Waals surface area contributed by atoms with Crippen molar-refractivity contribution in [3.63, 3.8) is 0 Å². The summed E-state index contributed by atoms with van der Waals surface area (Å²) in [7, 11) is 0. The summed E-state index contributed by atoms with van der Waals surface area (Å²) in [5, 5.41) is 7.15. The minimum Gasteiger partial charge on any atom is -0.329 e. The average molecular weight is 304 g/mol. The van der Waals surface area contributed by atoms with E-state index in [2.05, 4.69) is 5.32 Å². The van der Waals surface area contributed by atoms with Crippen LogP contribution in [0.3, 0.4) is 0 Å². The highest BCUT2D eigenvalue weighted by molar-refractivity contribution is 7.08. The van der Waals surface area contributed by atoms with E-state index in [9.17, 15) is 9.18 Å². The lowest BCUT2D eigenvalue weighted by molar-refractivity contribution is 0.0634. The third-order valence-corrected chi connectivity index (χ3v) is 4.69. The molecular formula is C16H17FN2OS. The van der Waals surface area contributed by atoms with E-state index < -0.39 is 0 Å². The van der Waals surface area contributed by atoms with Gasteiger partial charge in [-0.25, -0.2) is 4.39 Å². The highest BCUT2D eigenvalue weighted by Gasteiger charge is 2.29. The molecule has 1 aromatic heterocycles. The van der Waals surface area contributed by atoms with Gasteiger partial charge >= 0.3 is 0 Å². The molecule has 1 N–H and O–H groups in total. The van der Waals surface area contributed by atoms with Crippen molar-refractivity contribution in [3.8, 4) is 0 Å². The first-order chi connectivity index (χ1) is 10.2. The summed E-state index contributed by atoms with van der Waals surface area (Å²) >= 11 is 1.53. The molecule has 1 aromatic carbocycles. The van der Waals surface area contributed by atoms with Crippen molar-refractivity contribution in [1.29, 1.82) is 0 Å². The number of halogens is 1. The van der Waals surface area contributed by atoms with E-state index in [0.717, 1.165) is 23.2 Å². The summed E-state index contributed by atoms with van der Waals surface area (Å²) in [6.45, 7) is 4.00. The van der Waals surface area contributed by atoms with Gasteiger partial charge in [-0.05, 0) is 35.6 Å². The fourth-order valence-electron chi connectivity index (χ4n) is 2.69. The summed E-state index contributed by atoms with van der Waals surface area (Å²) in [6.07, 6.45) is 0. The summed E-state index contributed by atoms with van der Waals surface area (Å²) < 4.78 is 13.5. The summed E-state index contributed by atoms with van der Waals surface area (Å²) in [5.74, 6) is -0.235. The normalized spacial score (nSPS) is 18.8. The topological polar surface area (TPSA) is 32.3 Å². The number of aryl methyl sites for hydroxylation is 1. The quantitative estimate of drug-likeness (QED) is 0.925. The van der Waals surface area contributed by atoms with Crippen LogP contribution in [0.2, 0.25) is 0 Å². The molecule has 2 aromatic rings. The van der Waals surface area contributed by atoms with E-state index in [1.807, 2.05) is 28.7 Å². The summed E-state index contributed by atoms with van der Waals surface area (Å²) in [6, 6.07) is 6.38. The number of rotatable bonds is 2. The van der Waals surface area contributed by atoms with Crippen LogP contribution in [0, 0.1) is 12.7 Å². The molecular weight excluding hydrogens is 287 g/mol. The van der Waals surface area contributed by atoms with Crippen LogP contribution in [0.4, 0.5) is 4.39 Å². The van der Waals surface area contributed by atoms with Gasteiger partial charge in [-0.15, -0.1) is 0 Å².